The molecule has 0 atom stereocenters. The van der Waals surface area contributed by atoms with Gasteiger partial charge >= 0.3 is 0 Å². The van der Waals surface area contributed by atoms with Gasteiger partial charge in [-0.25, -0.2) is 0 Å². The number of hydrogen-bond donors (Lipinski definition) is 3. The number of hydrogen-bond acceptors (Lipinski definition) is 4. The van der Waals surface area contributed by atoms with E-state index >= 15 is 0 Å². The Kier molecular flexibility index (Phi) is 5.14. The molecule has 0 amide bonds. The maximum Gasteiger partial charge on any atom is 0.133 e. The Balaban J connectivity index is 1.96. The van der Waals surface area contributed by atoms with E-state index < -0.39 is 0 Å². The highest BCUT2D eigenvalue weighted by Crippen LogP contribution is 2.42. The lowest BCUT2D eigenvalue weighted by Crippen LogP contribution is -1.92. The summed E-state index contributed by atoms with van der Waals surface area (Å²) in [6.07, 6.45) is 0.570. The van der Waals surface area contributed by atoms with Crippen LogP contribution in [-0.4, -0.2) is 15.3 Å². The lowest BCUT2D eigenvalue weighted by molar-refractivity contribution is 0.454. The first-order valence-electron chi connectivity index (χ1n) is 8.42. The van der Waals surface area contributed by atoms with Crippen molar-refractivity contribution in [3.63, 3.8) is 0 Å². The first-order valence-corrected chi connectivity index (χ1v) is 9.23. The van der Waals surface area contributed by atoms with Crippen LogP contribution in [0.4, 0.5) is 0 Å². The van der Waals surface area contributed by atoms with Gasteiger partial charge in [0.1, 0.15) is 17.2 Å². The van der Waals surface area contributed by atoms with Crippen LogP contribution in [0.25, 0.3) is 0 Å². The average Bonchev–Trinajstić information content (AvgIpc) is 2.58. The molecule has 0 aliphatic rings. The van der Waals surface area contributed by atoms with Crippen LogP contribution in [0.15, 0.2) is 58.3 Å². The Morgan fingerprint density at radius 2 is 1.31 bits per heavy atom. The summed E-state index contributed by atoms with van der Waals surface area (Å²) < 4.78 is 0. The molecule has 3 N–H and O–H groups in total. The number of aromatic hydroxyl groups is 3. The molecule has 0 spiro atoms. The first kappa shape index (κ1) is 18.2. The molecular weight excluding hydrogens is 344 g/mol. The third-order valence-electron chi connectivity index (χ3n) is 4.26. The maximum atomic E-state index is 10.8. The van der Waals surface area contributed by atoms with Crippen LogP contribution in [0.5, 0.6) is 17.2 Å². The van der Waals surface area contributed by atoms with Crippen molar-refractivity contribution in [2.75, 3.05) is 0 Å². The fourth-order valence-electron chi connectivity index (χ4n) is 2.98. The highest BCUT2D eigenvalue weighted by Gasteiger charge is 2.14. The molecule has 3 aromatic carbocycles. The zero-order chi connectivity index (χ0) is 18.8. The Hall–Kier alpha value is -2.59. The zero-order valence-electron chi connectivity index (χ0n) is 15.1. The SMILES string of the molecule is Cc1cc(C)c(O)c(Sc2cc(C)cc(Cc3ccc(O)cc3)c2O)c1. The van der Waals surface area contributed by atoms with E-state index in [1.165, 1.54) is 11.8 Å². The summed E-state index contributed by atoms with van der Waals surface area (Å²) >= 11 is 1.37. The van der Waals surface area contributed by atoms with Crippen LogP contribution in [0.1, 0.15) is 27.8 Å². The van der Waals surface area contributed by atoms with Crippen molar-refractivity contribution in [1.29, 1.82) is 0 Å². The second-order valence-electron chi connectivity index (χ2n) is 6.64. The fraction of sp³-hybridized carbons (Fsp3) is 0.182. The van der Waals surface area contributed by atoms with E-state index in [4.69, 9.17) is 0 Å². The molecule has 0 fully saturated rings. The molecule has 0 heterocycles. The Bertz CT molecular complexity index is 947. The summed E-state index contributed by atoms with van der Waals surface area (Å²) in [4.78, 5) is 1.46. The minimum Gasteiger partial charge on any atom is -0.508 e. The Morgan fingerprint density at radius 1 is 0.731 bits per heavy atom. The third-order valence-corrected chi connectivity index (χ3v) is 5.32. The second kappa shape index (κ2) is 7.34. The summed E-state index contributed by atoms with van der Waals surface area (Å²) in [5.74, 6) is 0.706. The van der Waals surface area contributed by atoms with Crippen molar-refractivity contribution in [2.24, 2.45) is 0 Å². The van der Waals surface area contributed by atoms with E-state index in [-0.39, 0.29) is 17.2 Å². The van der Waals surface area contributed by atoms with Crippen molar-refractivity contribution in [2.45, 2.75) is 37.0 Å². The second-order valence-corrected chi connectivity index (χ2v) is 7.73. The van der Waals surface area contributed by atoms with Gasteiger partial charge in [-0.1, -0.05) is 36.0 Å². The van der Waals surface area contributed by atoms with E-state index in [2.05, 4.69) is 0 Å². The van der Waals surface area contributed by atoms with Crippen molar-refractivity contribution in [3.05, 3.63) is 76.3 Å². The highest BCUT2D eigenvalue weighted by atomic mass is 32.2. The third kappa shape index (κ3) is 3.97. The van der Waals surface area contributed by atoms with E-state index in [1.807, 2.05) is 57.2 Å². The molecule has 0 aliphatic heterocycles. The smallest absolute Gasteiger partial charge is 0.133 e. The highest BCUT2D eigenvalue weighted by molar-refractivity contribution is 7.99. The van der Waals surface area contributed by atoms with Crippen LogP contribution in [0, 0.1) is 20.8 Å². The topological polar surface area (TPSA) is 60.7 Å². The summed E-state index contributed by atoms with van der Waals surface area (Å²) in [6.45, 7) is 5.85. The molecule has 0 saturated carbocycles. The van der Waals surface area contributed by atoms with Crippen LogP contribution < -0.4 is 0 Å². The molecule has 3 nitrogen and oxygen atoms in total. The minimum atomic E-state index is 0.226. The predicted molar refractivity (Wildman–Crippen MR) is 105 cm³/mol. The number of benzene rings is 3. The van der Waals surface area contributed by atoms with Gasteiger partial charge in [-0.05, 0) is 72.9 Å². The average molecular weight is 366 g/mol. The predicted octanol–water partition coefficient (Wildman–Crippen LogP) is 5.47. The number of phenols is 3. The molecule has 0 unspecified atom stereocenters. The van der Waals surface area contributed by atoms with E-state index in [0.29, 0.717) is 6.42 Å². The summed E-state index contributed by atoms with van der Waals surface area (Å²) in [5, 5.41) is 30.5. The van der Waals surface area contributed by atoms with Crippen molar-refractivity contribution >= 4 is 11.8 Å². The molecule has 3 rings (SSSR count). The quantitative estimate of drug-likeness (QED) is 0.573. The van der Waals surface area contributed by atoms with E-state index in [0.717, 1.165) is 37.6 Å². The van der Waals surface area contributed by atoms with E-state index in [1.54, 1.807) is 12.1 Å². The number of aryl methyl sites for hydroxylation is 3. The van der Waals surface area contributed by atoms with Crippen molar-refractivity contribution < 1.29 is 15.3 Å². The van der Waals surface area contributed by atoms with Gasteiger partial charge in [0.25, 0.3) is 0 Å². The summed E-state index contributed by atoms with van der Waals surface area (Å²) in [7, 11) is 0. The van der Waals surface area contributed by atoms with Gasteiger partial charge in [-0.15, -0.1) is 0 Å². The standard InChI is InChI=1S/C22H22O3S/c1-13-8-15(3)21(24)19(10-13)26-20-11-14(2)9-17(22(20)25)12-16-4-6-18(23)7-5-16/h4-11,23-25H,12H2,1-3H3. The van der Waals surface area contributed by atoms with Gasteiger partial charge in [0.2, 0.25) is 0 Å². The molecule has 0 aromatic heterocycles. The van der Waals surface area contributed by atoms with Crippen molar-refractivity contribution in [3.8, 4) is 17.2 Å². The van der Waals surface area contributed by atoms with Gasteiger partial charge in [0, 0.05) is 6.42 Å². The molecule has 0 saturated heterocycles. The maximum absolute atomic E-state index is 10.8. The lowest BCUT2D eigenvalue weighted by Gasteiger charge is -2.14. The molecule has 0 radical (unpaired) electrons. The Labute approximate surface area is 158 Å². The van der Waals surface area contributed by atoms with Gasteiger partial charge in [-0.2, -0.15) is 0 Å². The molecule has 4 heteroatoms. The molecule has 0 bridgehead atoms. The van der Waals surface area contributed by atoms with Gasteiger partial charge in [0.15, 0.2) is 0 Å². The monoisotopic (exact) mass is 366 g/mol. The molecule has 134 valence electrons. The summed E-state index contributed by atoms with van der Waals surface area (Å²) in [5.41, 5.74) is 4.77. The van der Waals surface area contributed by atoms with Crippen LogP contribution in [0.3, 0.4) is 0 Å². The van der Waals surface area contributed by atoms with Crippen LogP contribution in [-0.2, 0) is 6.42 Å². The molecule has 0 aliphatic carbocycles. The van der Waals surface area contributed by atoms with Gasteiger partial charge in [0.05, 0.1) is 9.79 Å². The van der Waals surface area contributed by atoms with Crippen LogP contribution in [0.2, 0.25) is 0 Å². The van der Waals surface area contributed by atoms with E-state index in [9.17, 15) is 15.3 Å². The fourth-order valence-corrected chi connectivity index (χ4v) is 4.19. The van der Waals surface area contributed by atoms with Crippen molar-refractivity contribution in [1.82, 2.24) is 0 Å². The Morgan fingerprint density at radius 3 is 1.96 bits per heavy atom. The first-order chi connectivity index (χ1) is 12.3. The lowest BCUT2D eigenvalue weighted by atomic mass is 10.0. The zero-order valence-corrected chi connectivity index (χ0v) is 15.9. The number of rotatable bonds is 4. The largest absolute Gasteiger partial charge is 0.508 e. The van der Waals surface area contributed by atoms with Crippen LogP contribution >= 0.6 is 11.8 Å². The van der Waals surface area contributed by atoms with Gasteiger partial charge in [-0.3, -0.25) is 0 Å². The number of phenolic OH excluding ortho intramolecular Hbond substituents is 3. The molecular formula is C22H22O3S. The van der Waals surface area contributed by atoms with Gasteiger partial charge < -0.3 is 15.3 Å². The molecule has 3 aromatic rings. The minimum absolute atomic E-state index is 0.226. The molecule has 26 heavy (non-hydrogen) atoms. The summed E-state index contributed by atoms with van der Waals surface area (Å²) in [6, 6.07) is 14.7. The normalized spacial score (nSPS) is 10.9.